The Labute approximate surface area is 64.3 Å². The minimum atomic E-state index is -3.71. The Morgan fingerprint density at radius 2 is 1.82 bits per heavy atom. The standard InChI is InChI=1S/C4H10NO5P/c1-5-10-4(6)11(7,8-2)9-3/h5H,1-3H3. The van der Waals surface area contributed by atoms with Crippen molar-refractivity contribution in [3.05, 3.63) is 0 Å². The third-order valence-corrected chi connectivity index (χ3v) is 2.39. The van der Waals surface area contributed by atoms with E-state index in [2.05, 4.69) is 19.4 Å². The lowest BCUT2D eigenvalue weighted by Gasteiger charge is -2.10. The maximum Gasteiger partial charge on any atom is 0.439 e. The second kappa shape index (κ2) is 4.46. The van der Waals surface area contributed by atoms with Gasteiger partial charge in [-0.25, -0.2) is 9.36 Å². The topological polar surface area (TPSA) is 73.9 Å². The minimum absolute atomic E-state index is 1.06. The molecular formula is C4H10NO5P. The van der Waals surface area contributed by atoms with E-state index in [-0.39, 0.29) is 0 Å². The third kappa shape index (κ3) is 2.59. The Bertz CT molecular complexity index is 173. The molecule has 0 atom stereocenters. The zero-order valence-corrected chi connectivity index (χ0v) is 7.38. The molecule has 0 amide bonds. The van der Waals surface area contributed by atoms with Crippen LogP contribution in [0.15, 0.2) is 0 Å². The second-order valence-electron chi connectivity index (χ2n) is 1.43. The fourth-order valence-electron chi connectivity index (χ4n) is 0.367. The molecule has 0 rings (SSSR count). The fourth-order valence-corrected chi connectivity index (χ4v) is 1.02. The van der Waals surface area contributed by atoms with E-state index in [0.717, 1.165) is 14.2 Å². The maximum absolute atomic E-state index is 11.1. The van der Waals surface area contributed by atoms with E-state index in [1.807, 2.05) is 0 Å². The third-order valence-electron chi connectivity index (χ3n) is 0.894. The van der Waals surface area contributed by atoms with Crippen molar-refractivity contribution in [1.29, 1.82) is 0 Å². The molecule has 0 saturated carbocycles. The van der Waals surface area contributed by atoms with Gasteiger partial charge >= 0.3 is 13.3 Å². The summed E-state index contributed by atoms with van der Waals surface area (Å²) in [6.07, 6.45) is 0. The highest BCUT2D eigenvalue weighted by Crippen LogP contribution is 2.47. The van der Waals surface area contributed by atoms with Crippen LogP contribution in [0.25, 0.3) is 0 Å². The maximum atomic E-state index is 11.1. The first-order valence-corrected chi connectivity index (χ1v) is 4.24. The summed E-state index contributed by atoms with van der Waals surface area (Å²) in [4.78, 5) is 14.9. The Balaban J connectivity index is 4.26. The van der Waals surface area contributed by atoms with Crippen molar-refractivity contribution in [3.8, 4) is 0 Å². The van der Waals surface area contributed by atoms with E-state index < -0.39 is 13.3 Å². The van der Waals surface area contributed by atoms with Crippen LogP contribution < -0.4 is 5.48 Å². The Kier molecular flexibility index (Phi) is 4.29. The van der Waals surface area contributed by atoms with Crippen LogP contribution in [0, 0.1) is 0 Å². The van der Waals surface area contributed by atoms with Gasteiger partial charge in [-0.05, 0) is 0 Å². The monoisotopic (exact) mass is 183 g/mol. The second-order valence-corrected chi connectivity index (χ2v) is 3.53. The van der Waals surface area contributed by atoms with Crippen LogP contribution in [0.2, 0.25) is 0 Å². The molecule has 0 aromatic carbocycles. The van der Waals surface area contributed by atoms with Crippen molar-refractivity contribution in [2.75, 3.05) is 21.3 Å². The van der Waals surface area contributed by atoms with E-state index in [1.54, 1.807) is 0 Å². The average Bonchev–Trinajstić information content (AvgIpc) is 2.03. The van der Waals surface area contributed by atoms with Gasteiger partial charge in [-0.3, -0.25) is 0 Å². The summed E-state index contributed by atoms with van der Waals surface area (Å²) in [5, 5.41) is 0. The summed E-state index contributed by atoms with van der Waals surface area (Å²) in [6.45, 7) is 0. The predicted octanol–water partition coefficient (Wildman–Crippen LogP) is 0.743. The molecule has 11 heavy (non-hydrogen) atoms. The molecule has 0 aromatic rings. The predicted molar refractivity (Wildman–Crippen MR) is 37.2 cm³/mol. The normalized spacial score (nSPS) is 11.2. The van der Waals surface area contributed by atoms with Crippen molar-refractivity contribution in [1.82, 2.24) is 5.48 Å². The van der Waals surface area contributed by atoms with Gasteiger partial charge in [-0.15, -0.1) is 0 Å². The number of hydrogen-bond donors (Lipinski definition) is 1. The van der Waals surface area contributed by atoms with Gasteiger partial charge in [0.15, 0.2) is 0 Å². The molecule has 1 N–H and O–H groups in total. The largest absolute Gasteiger partial charge is 0.439 e. The molecule has 0 spiro atoms. The summed E-state index contributed by atoms with van der Waals surface area (Å²) < 4.78 is 19.7. The summed E-state index contributed by atoms with van der Waals surface area (Å²) in [5.74, 6) is 0. The van der Waals surface area contributed by atoms with Crippen molar-refractivity contribution >= 4 is 13.3 Å². The molecule has 0 aliphatic rings. The van der Waals surface area contributed by atoms with Crippen molar-refractivity contribution in [3.63, 3.8) is 0 Å². The van der Waals surface area contributed by atoms with Gasteiger partial charge in [-0.2, -0.15) is 5.48 Å². The Morgan fingerprint density at radius 1 is 1.36 bits per heavy atom. The molecule has 0 unspecified atom stereocenters. The molecule has 0 aromatic heterocycles. The van der Waals surface area contributed by atoms with Crippen LogP contribution in [-0.4, -0.2) is 27.0 Å². The number of carbonyl (C=O) groups excluding carboxylic acids is 1. The van der Waals surface area contributed by atoms with E-state index in [9.17, 15) is 9.36 Å². The Morgan fingerprint density at radius 3 is 2.09 bits per heavy atom. The molecule has 0 aliphatic heterocycles. The first kappa shape index (κ1) is 10.6. The molecule has 7 heteroatoms. The minimum Gasteiger partial charge on any atom is -0.362 e. The van der Waals surface area contributed by atoms with Crippen molar-refractivity contribution < 1.29 is 23.2 Å². The zero-order valence-electron chi connectivity index (χ0n) is 6.49. The number of carbonyl (C=O) groups is 1. The van der Waals surface area contributed by atoms with E-state index >= 15 is 0 Å². The highest BCUT2D eigenvalue weighted by Gasteiger charge is 2.34. The van der Waals surface area contributed by atoms with E-state index in [1.165, 1.54) is 7.05 Å². The van der Waals surface area contributed by atoms with Gasteiger partial charge in [0.2, 0.25) is 0 Å². The van der Waals surface area contributed by atoms with Crippen LogP contribution in [0.4, 0.5) is 4.79 Å². The van der Waals surface area contributed by atoms with Crippen LogP contribution in [0.5, 0.6) is 0 Å². The SMILES string of the molecule is CNOC(=O)P(=O)(OC)OC. The lowest BCUT2D eigenvalue weighted by molar-refractivity contribution is 0.116. The van der Waals surface area contributed by atoms with Gasteiger partial charge in [0.05, 0.1) is 0 Å². The molecule has 6 nitrogen and oxygen atoms in total. The van der Waals surface area contributed by atoms with Crippen LogP contribution in [-0.2, 0) is 18.5 Å². The molecule has 0 radical (unpaired) electrons. The smallest absolute Gasteiger partial charge is 0.362 e. The lowest BCUT2D eigenvalue weighted by Crippen LogP contribution is -2.15. The van der Waals surface area contributed by atoms with Crippen LogP contribution >= 0.6 is 7.60 Å². The van der Waals surface area contributed by atoms with Gasteiger partial charge in [0, 0.05) is 21.3 Å². The summed E-state index contributed by atoms with van der Waals surface area (Å²) >= 11 is 0. The molecule has 0 saturated heterocycles. The van der Waals surface area contributed by atoms with E-state index in [4.69, 9.17) is 0 Å². The Hall–Kier alpha value is -0.420. The summed E-state index contributed by atoms with van der Waals surface area (Å²) in [5.41, 5.74) is 0.995. The van der Waals surface area contributed by atoms with Gasteiger partial charge in [0.25, 0.3) is 0 Å². The number of nitrogens with one attached hydrogen (secondary N) is 1. The molecule has 0 fully saturated rings. The number of rotatable bonds is 4. The molecule has 0 bridgehead atoms. The highest BCUT2D eigenvalue weighted by atomic mass is 31.2. The van der Waals surface area contributed by atoms with Crippen LogP contribution in [0.1, 0.15) is 0 Å². The quantitative estimate of drug-likeness (QED) is 0.511. The van der Waals surface area contributed by atoms with E-state index in [0.29, 0.717) is 0 Å². The fraction of sp³-hybridized carbons (Fsp3) is 0.750. The van der Waals surface area contributed by atoms with Crippen LogP contribution in [0.3, 0.4) is 0 Å². The first-order valence-electron chi connectivity index (χ1n) is 2.70. The summed E-state index contributed by atoms with van der Waals surface area (Å²) in [7, 11) is -0.161. The first-order chi connectivity index (χ1) is 5.10. The molecule has 0 heterocycles. The highest BCUT2D eigenvalue weighted by molar-refractivity contribution is 7.71. The molecule has 0 aliphatic carbocycles. The average molecular weight is 183 g/mol. The summed E-state index contributed by atoms with van der Waals surface area (Å²) in [6, 6.07) is 0. The van der Waals surface area contributed by atoms with Crippen molar-refractivity contribution in [2.45, 2.75) is 0 Å². The van der Waals surface area contributed by atoms with Crippen molar-refractivity contribution in [2.24, 2.45) is 0 Å². The molecule has 66 valence electrons. The lowest BCUT2D eigenvalue weighted by atomic mass is 11.5. The van der Waals surface area contributed by atoms with Gasteiger partial charge in [0.1, 0.15) is 0 Å². The zero-order chi connectivity index (χ0) is 8.91. The van der Waals surface area contributed by atoms with Gasteiger partial charge < -0.3 is 13.9 Å². The molecular weight excluding hydrogens is 173 g/mol. The van der Waals surface area contributed by atoms with Gasteiger partial charge in [-0.1, -0.05) is 0 Å². The number of hydroxylamine groups is 1. The number of hydrogen-bond acceptors (Lipinski definition) is 6.